The molecule has 0 aliphatic carbocycles. The maximum atomic E-state index is 9.75. The largest absolute Gasteiger partial charge is 1.00 e. The summed E-state index contributed by atoms with van der Waals surface area (Å²) < 4.78 is 110. The molecular weight excluding hydrogens is 277 g/mol. The first-order valence-corrected chi connectivity index (χ1v) is 3.84. The van der Waals surface area contributed by atoms with Crippen molar-refractivity contribution in [3.8, 4) is 0 Å². The average Bonchev–Trinajstić information content (AvgIpc) is 1.41. The molecule has 0 heterocycles. The van der Waals surface area contributed by atoms with Gasteiger partial charge in [-0.1, -0.05) is 0 Å². The molecule has 96 valence electrons. The zero-order valence-electron chi connectivity index (χ0n) is 7.30. The van der Waals surface area contributed by atoms with E-state index in [-0.39, 0.29) is 18.9 Å². The van der Waals surface area contributed by atoms with Crippen molar-refractivity contribution in [2.75, 3.05) is 0 Å². The van der Waals surface area contributed by atoms with Gasteiger partial charge >= 0.3 is 43.8 Å². The topological polar surface area (TPSA) is 74.6 Å². The van der Waals surface area contributed by atoms with E-state index in [0.29, 0.717) is 0 Å². The third kappa shape index (κ3) is 1720000. The molecule has 4 nitrogen and oxygen atoms in total. The summed E-state index contributed by atoms with van der Waals surface area (Å²) in [5.41, 5.74) is 0. The Morgan fingerprint density at radius 1 is 0.688 bits per heavy atom. The molecule has 0 spiro atoms. The van der Waals surface area contributed by atoms with Gasteiger partial charge in [0, 0.05) is 0 Å². The molecule has 0 unspecified atom stereocenters. The number of hydrogen-bond acceptors (Lipinski definition) is 2. The van der Waals surface area contributed by atoms with Crippen LogP contribution in [0.25, 0.3) is 0 Å². The van der Waals surface area contributed by atoms with Crippen molar-refractivity contribution in [2.24, 2.45) is 0 Å². The summed E-state index contributed by atoms with van der Waals surface area (Å²) in [7, 11) is -16.7. The van der Waals surface area contributed by atoms with Crippen LogP contribution in [0.1, 0.15) is 0 Å². The van der Waals surface area contributed by atoms with E-state index in [1.165, 1.54) is 0 Å². The Kier molecular flexibility index (Phi) is 14.2. The zero-order chi connectivity index (χ0) is 13.5. The molecule has 0 aliphatic rings. The molecule has 0 amide bonds. The van der Waals surface area contributed by atoms with E-state index in [1.54, 1.807) is 0 Å². The summed E-state index contributed by atoms with van der Waals surface area (Å²) in [5.74, 6) is 0. The maximum absolute atomic E-state index is 9.75. The minimum Gasteiger partial charge on any atom is -0.418 e. The average molecular weight is 279 g/mol. The van der Waals surface area contributed by atoms with Crippen LogP contribution in [0.15, 0.2) is 0 Å². The van der Waals surface area contributed by atoms with Crippen molar-refractivity contribution < 1.29 is 70.9 Å². The summed E-state index contributed by atoms with van der Waals surface area (Å²) in [6, 6.07) is 0. The van der Waals surface area contributed by atoms with E-state index in [2.05, 4.69) is 0 Å². The van der Waals surface area contributed by atoms with Crippen molar-refractivity contribution in [2.45, 2.75) is 0 Å². The van der Waals surface area contributed by atoms with E-state index in [0.717, 1.165) is 0 Å². The van der Waals surface area contributed by atoms with Crippen LogP contribution in [-0.4, -0.2) is 32.0 Å². The van der Waals surface area contributed by atoms with Crippen molar-refractivity contribution in [3.63, 3.8) is 0 Å². The number of halogens is 8. The van der Waals surface area contributed by atoms with Crippen LogP contribution in [0.4, 0.5) is 34.5 Å². The van der Waals surface area contributed by atoms with Crippen molar-refractivity contribution in [3.05, 3.63) is 0 Å². The Morgan fingerprint density at radius 3 is 0.688 bits per heavy atom. The van der Waals surface area contributed by atoms with Crippen molar-refractivity contribution >= 4 is 24.9 Å². The van der Waals surface area contributed by atoms with Crippen LogP contribution >= 0.6 is 0 Å². The van der Waals surface area contributed by atoms with Crippen molar-refractivity contribution in [1.82, 2.24) is 0 Å². The molecule has 0 bridgehead atoms. The van der Waals surface area contributed by atoms with Crippen LogP contribution in [0.5, 0.6) is 0 Å². The van der Waals surface area contributed by atoms with Gasteiger partial charge < -0.3 is 34.5 Å². The molecule has 0 aromatic heterocycles. The molecule has 16 heavy (non-hydrogen) atoms. The summed E-state index contributed by atoms with van der Waals surface area (Å²) in [6.07, 6.45) is 0. The minimum atomic E-state index is -6.00. The molecule has 2 N–H and O–H groups in total. The fourth-order valence-corrected chi connectivity index (χ4v) is 0. The molecule has 0 aromatic rings. The Hall–Kier alpha value is 0.0373. The Labute approximate surface area is 96.4 Å². The number of hydrogen-bond donors (Lipinski definition) is 2. The fraction of sp³-hybridized carbons (Fsp3) is 0. The van der Waals surface area contributed by atoms with Crippen LogP contribution in [-0.2, 0) is 10.4 Å². The van der Waals surface area contributed by atoms with Crippen LogP contribution in [0, 0.1) is 0 Å². The molecule has 0 radical (unpaired) electrons. The molecule has 0 rings (SSSR count). The first-order chi connectivity index (χ1) is 6.00. The Bertz CT molecular complexity index is 210. The van der Waals surface area contributed by atoms with Gasteiger partial charge in [-0.05, 0) is 0 Å². The molecule has 0 fully saturated rings. The maximum Gasteiger partial charge on any atom is 1.00 e. The summed E-state index contributed by atoms with van der Waals surface area (Å²) in [6.45, 7) is 0. The van der Waals surface area contributed by atoms with Crippen LogP contribution < -0.4 is 18.9 Å². The van der Waals surface area contributed by atoms with Gasteiger partial charge in [0.2, 0.25) is 0 Å². The SMILES string of the molecule is F[B-](F)(F)F.F[B-](F)(F)F.O=S(=O)(O)O.[Li+]. The Morgan fingerprint density at radius 2 is 0.688 bits per heavy atom. The molecule has 0 atom stereocenters. The van der Waals surface area contributed by atoms with Gasteiger partial charge in [0.05, 0.1) is 0 Å². The second-order valence-corrected chi connectivity index (χ2v) is 2.33. The second-order valence-electron chi connectivity index (χ2n) is 1.44. The third-order valence-corrected chi connectivity index (χ3v) is 0. The molecular formula is H2B2F8LiO4S-. The summed E-state index contributed by atoms with van der Waals surface area (Å²) in [5, 5.41) is 0. The van der Waals surface area contributed by atoms with Gasteiger partial charge in [0.15, 0.2) is 0 Å². The van der Waals surface area contributed by atoms with Gasteiger partial charge in [0.1, 0.15) is 0 Å². The van der Waals surface area contributed by atoms with E-state index in [1.807, 2.05) is 0 Å². The minimum absolute atomic E-state index is 0. The quantitative estimate of drug-likeness (QED) is 0.337. The van der Waals surface area contributed by atoms with Gasteiger partial charge in [-0.25, -0.2) is 0 Å². The van der Waals surface area contributed by atoms with Gasteiger partial charge in [-0.15, -0.1) is 0 Å². The molecule has 0 saturated heterocycles. The standard InChI is InChI=1S/2BF4.Li.H2O4S/c2*2-1(3,4)5;;1-5(2,3)4/h;;;(H2,1,2,3,4)/q2*-1;+1;. The van der Waals surface area contributed by atoms with Gasteiger partial charge in [-0.3, -0.25) is 9.11 Å². The van der Waals surface area contributed by atoms with E-state index in [4.69, 9.17) is 17.5 Å². The molecule has 0 aromatic carbocycles. The van der Waals surface area contributed by atoms with E-state index < -0.39 is 24.9 Å². The van der Waals surface area contributed by atoms with Crippen LogP contribution in [0.2, 0.25) is 0 Å². The molecule has 16 heteroatoms. The molecule has 0 saturated carbocycles. The first-order valence-electron chi connectivity index (χ1n) is 2.44. The number of rotatable bonds is 0. The van der Waals surface area contributed by atoms with E-state index in [9.17, 15) is 34.5 Å². The fourth-order valence-electron chi connectivity index (χ4n) is 0. The van der Waals surface area contributed by atoms with Gasteiger partial charge in [-0.2, -0.15) is 8.42 Å². The smallest absolute Gasteiger partial charge is 0.418 e. The predicted octanol–water partition coefficient (Wildman–Crippen LogP) is -1.05. The summed E-state index contributed by atoms with van der Waals surface area (Å²) in [4.78, 5) is 0. The summed E-state index contributed by atoms with van der Waals surface area (Å²) >= 11 is 0. The first kappa shape index (κ1) is 25.0. The zero-order valence-corrected chi connectivity index (χ0v) is 8.11. The Balaban J connectivity index is -0.0000000655. The monoisotopic (exact) mass is 279 g/mol. The second kappa shape index (κ2) is 9.11. The van der Waals surface area contributed by atoms with Gasteiger partial charge in [0.25, 0.3) is 0 Å². The van der Waals surface area contributed by atoms with E-state index >= 15 is 0 Å². The predicted molar refractivity (Wildman–Crippen MR) is 34.5 cm³/mol. The third-order valence-electron chi connectivity index (χ3n) is 0. The normalized spacial score (nSPS) is 11.1. The van der Waals surface area contributed by atoms with Crippen LogP contribution in [0.3, 0.4) is 0 Å². The molecule has 0 aliphatic heterocycles. The van der Waals surface area contributed by atoms with Crippen molar-refractivity contribution in [1.29, 1.82) is 0 Å².